The number of nitrogens with one attached hydrogen (secondary N) is 2. The van der Waals surface area contributed by atoms with E-state index in [-0.39, 0.29) is 35.2 Å². The van der Waals surface area contributed by atoms with Crippen LogP contribution in [0.5, 0.6) is 0 Å². The molecular formula is C38H38N6O4S. The molecule has 10 nitrogen and oxygen atoms in total. The van der Waals surface area contributed by atoms with Gasteiger partial charge >= 0.3 is 0 Å². The molecule has 2 N–H and O–H groups in total. The van der Waals surface area contributed by atoms with Crippen LogP contribution in [0.1, 0.15) is 73.4 Å². The van der Waals surface area contributed by atoms with E-state index in [0.717, 1.165) is 73.8 Å². The summed E-state index contributed by atoms with van der Waals surface area (Å²) < 4.78 is 5.57. The summed E-state index contributed by atoms with van der Waals surface area (Å²) in [5.41, 5.74) is 4.91. The van der Waals surface area contributed by atoms with Crippen molar-refractivity contribution in [3.05, 3.63) is 99.4 Å². The van der Waals surface area contributed by atoms with Crippen LogP contribution >= 0.6 is 11.3 Å². The number of aromatic nitrogens is 1. The van der Waals surface area contributed by atoms with Crippen LogP contribution in [0, 0.1) is 12.3 Å². The maximum atomic E-state index is 14.2. The quantitative estimate of drug-likeness (QED) is 0.235. The molecule has 1 spiro atoms. The molecule has 49 heavy (non-hydrogen) atoms. The molecule has 11 heteroatoms. The molecule has 2 aromatic heterocycles. The predicted molar refractivity (Wildman–Crippen MR) is 192 cm³/mol. The number of amides is 3. The number of hydrogen-bond acceptors (Lipinski definition) is 8. The molecule has 1 saturated carbocycles. The number of pyridine rings is 1. The Hall–Kier alpha value is -4.87. The first-order chi connectivity index (χ1) is 23.8. The van der Waals surface area contributed by atoms with Gasteiger partial charge in [0.25, 0.3) is 17.7 Å². The van der Waals surface area contributed by atoms with Gasteiger partial charge in [-0.1, -0.05) is 12.1 Å². The van der Waals surface area contributed by atoms with E-state index in [0.29, 0.717) is 33.2 Å². The predicted octanol–water partition coefficient (Wildman–Crippen LogP) is 6.38. The van der Waals surface area contributed by atoms with Crippen molar-refractivity contribution in [2.45, 2.75) is 51.6 Å². The van der Waals surface area contributed by atoms with Gasteiger partial charge in [0.2, 0.25) is 0 Å². The molecule has 0 radical (unpaired) electrons. The van der Waals surface area contributed by atoms with Crippen LogP contribution in [-0.2, 0) is 4.74 Å². The lowest BCUT2D eigenvalue weighted by Crippen LogP contribution is -2.59. The molecule has 3 aliphatic heterocycles. The number of aryl methyl sites for hydroxylation is 1. The van der Waals surface area contributed by atoms with Gasteiger partial charge in [-0.3, -0.25) is 19.3 Å². The van der Waals surface area contributed by atoms with Crippen LogP contribution in [0.3, 0.4) is 0 Å². The summed E-state index contributed by atoms with van der Waals surface area (Å²) in [5.74, 6) is 0.211. The van der Waals surface area contributed by atoms with E-state index in [1.807, 2.05) is 56.3 Å². The Morgan fingerprint density at radius 3 is 2.47 bits per heavy atom. The zero-order valence-corrected chi connectivity index (χ0v) is 28.4. The minimum Gasteiger partial charge on any atom is -0.381 e. The smallest absolute Gasteiger partial charge is 0.261 e. The Bertz CT molecular complexity index is 1970. The van der Waals surface area contributed by atoms with Crippen molar-refractivity contribution < 1.29 is 19.1 Å². The molecule has 2 saturated heterocycles. The Morgan fingerprint density at radius 1 is 0.959 bits per heavy atom. The summed E-state index contributed by atoms with van der Waals surface area (Å²) >= 11 is 1.39. The first-order valence-corrected chi connectivity index (χ1v) is 17.7. The van der Waals surface area contributed by atoms with Crippen molar-refractivity contribution >= 4 is 57.7 Å². The van der Waals surface area contributed by atoms with Gasteiger partial charge in [-0.2, -0.15) is 0 Å². The second-order valence-corrected chi connectivity index (χ2v) is 14.7. The van der Waals surface area contributed by atoms with Gasteiger partial charge in [0.1, 0.15) is 5.82 Å². The third-order valence-electron chi connectivity index (χ3n) is 9.92. The lowest BCUT2D eigenvalue weighted by Gasteiger charge is -2.53. The third-order valence-corrected chi connectivity index (χ3v) is 11.0. The number of benzene rings is 2. The third kappa shape index (κ3) is 6.13. The molecule has 0 bridgehead atoms. The number of aliphatic imine (C=N–C) groups is 1. The number of thiophene rings is 1. The van der Waals surface area contributed by atoms with Crippen molar-refractivity contribution in [1.82, 2.24) is 10.3 Å². The van der Waals surface area contributed by atoms with Crippen LogP contribution in [0.4, 0.5) is 22.9 Å². The van der Waals surface area contributed by atoms with Crippen molar-refractivity contribution in [3.63, 3.8) is 0 Å². The van der Waals surface area contributed by atoms with E-state index in [4.69, 9.17) is 9.73 Å². The number of ether oxygens (including phenoxy) is 1. The molecular weight excluding hydrogens is 637 g/mol. The average molecular weight is 675 g/mol. The van der Waals surface area contributed by atoms with Crippen molar-refractivity contribution in [3.8, 4) is 0 Å². The summed E-state index contributed by atoms with van der Waals surface area (Å²) in [5, 5.41) is 6.07. The van der Waals surface area contributed by atoms with Crippen LogP contribution in [0.15, 0.2) is 77.9 Å². The summed E-state index contributed by atoms with van der Waals surface area (Å²) in [6.45, 7) is 7.21. The van der Waals surface area contributed by atoms with Gasteiger partial charge in [0.15, 0.2) is 0 Å². The maximum absolute atomic E-state index is 14.2. The standard InChI is InChI=1S/C38H38N6O4S/c1-23-19-28(34(39-20-23)43-21-38(22-43)15-17-48-18-16-38)35(45)40-26-9-7-25(8-10-26)37(47)44-24(2)33(42-29-5-3-4-6-30(29)44)31-13-14-32(49-31)36(46)41-27-11-12-27/h3-10,13-14,19-20,24,27H,11-12,15-18,21-22H2,1-2H3,(H,40,45)(H,41,46). The lowest BCUT2D eigenvalue weighted by atomic mass is 9.73. The maximum Gasteiger partial charge on any atom is 0.261 e. The van der Waals surface area contributed by atoms with E-state index in [1.165, 1.54) is 11.3 Å². The highest BCUT2D eigenvalue weighted by Crippen LogP contribution is 2.43. The largest absolute Gasteiger partial charge is 0.381 e. The van der Waals surface area contributed by atoms with E-state index in [1.54, 1.807) is 35.4 Å². The van der Waals surface area contributed by atoms with E-state index in [2.05, 4.69) is 20.5 Å². The molecule has 5 heterocycles. The summed E-state index contributed by atoms with van der Waals surface area (Å²) in [4.78, 5) is 55.5. The van der Waals surface area contributed by atoms with Crippen LogP contribution < -0.4 is 20.4 Å². The number of carbonyl (C=O) groups excluding carboxylic acids is 3. The van der Waals surface area contributed by atoms with Gasteiger partial charge in [0.05, 0.1) is 38.4 Å². The zero-order chi connectivity index (χ0) is 33.7. The molecule has 3 fully saturated rings. The minimum atomic E-state index is -0.381. The number of rotatable bonds is 7. The highest BCUT2D eigenvalue weighted by molar-refractivity contribution is 7.16. The van der Waals surface area contributed by atoms with Gasteiger partial charge in [-0.25, -0.2) is 9.98 Å². The summed E-state index contributed by atoms with van der Waals surface area (Å²) in [6, 6.07) is 20.1. The van der Waals surface area contributed by atoms with E-state index in [9.17, 15) is 14.4 Å². The summed E-state index contributed by atoms with van der Waals surface area (Å²) in [7, 11) is 0. The SMILES string of the molecule is Cc1cnc(N2CC3(CCOCC3)C2)c(C(=O)Nc2ccc(C(=O)N3c4ccccc4N=C(c4ccc(C(=O)NC5CC5)s4)C3C)cc2)c1. The fraction of sp³-hybridized carbons (Fsp3) is 0.342. The van der Waals surface area contributed by atoms with E-state index < -0.39 is 0 Å². The highest BCUT2D eigenvalue weighted by atomic mass is 32.1. The van der Waals surface area contributed by atoms with Crippen molar-refractivity contribution in [2.75, 3.05) is 41.4 Å². The number of para-hydroxylation sites is 2. The molecule has 4 aromatic rings. The van der Waals surface area contributed by atoms with Gasteiger partial charge < -0.3 is 20.3 Å². The van der Waals surface area contributed by atoms with Crippen molar-refractivity contribution in [2.24, 2.45) is 10.4 Å². The molecule has 1 atom stereocenters. The topological polar surface area (TPSA) is 116 Å². The minimum absolute atomic E-state index is 0.0675. The van der Waals surface area contributed by atoms with Crippen molar-refractivity contribution in [1.29, 1.82) is 0 Å². The van der Waals surface area contributed by atoms with E-state index >= 15 is 0 Å². The molecule has 3 amide bonds. The Morgan fingerprint density at radius 2 is 1.71 bits per heavy atom. The van der Waals surface area contributed by atoms with Gasteiger partial charge in [-0.05, 0) is 99.7 Å². The van der Waals surface area contributed by atoms with Crippen LogP contribution in [0.25, 0.3) is 0 Å². The van der Waals surface area contributed by atoms with Gasteiger partial charge in [0, 0.05) is 55.2 Å². The Labute approximate surface area is 289 Å². The second kappa shape index (κ2) is 12.5. The van der Waals surface area contributed by atoms with Crippen LogP contribution in [0.2, 0.25) is 0 Å². The number of fused-ring (bicyclic) bond motifs is 1. The molecule has 1 unspecified atom stereocenters. The number of carbonyl (C=O) groups is 3. The lowest BCUT2D eigenvalue weighted by molar-refractivity contribution is -0.000511. The second-order valence-electron chi connectivity index (χ2n) is 13.6. The normalized spacial score (nSPS) is 19.5. The molecule has 4 aliphatic rings. The number of nitrogens with zero attached hydrogens (tertiary/aromatic N) is 4. The average Bonchev–Trinajstić information content (AvgIpc) is 3.78. The molecule has 1 aliphatic carbocycles. The number of hydrogen-bond donors (Lipinski definition) is 2. The summed E-state index contributed by atoms with van der Waals surface area (Å²) in [6.07, 6.45) is 5.92. The zero-order valence-electron chi connectivity index (χ0n) is 27.6. The Balaban J connectivity index is 0.992. The van der Waals surface area contributed by atoms with Crippen LogP contribution in [-0.4, -0.2) is 66.8 Å². The van der Waals surface area contributed by atoms with Gasteiger partial charge in [-0.15, -0.1) is 11.3 Å². The number of anilines is 3. The first-order valence-electron chi connectivity index (χ1n) is 16.9. The fourth-order valence-electron chi connectivity index (χ4n) is 6.99. The monoisotopic (exact) mass is 674 g/mol. The fourth-order valence-corrected chi connectivity index (χ4v) is 7.97. The highest BCUT2D eigenvalue weighted by Gasteiger charge is 2.45. The first kappa shape index (κ1) is 31.4. The molecule has 250 valence electrons. The molecule has 2 aromatic carbocycles. The molecule has 8 rings (SSSR count). The Kier molecular flexibility index (Phi) is 8.04.